The molecule has 78 valence electrons. The third-order valence-corrected chi connectivity index (χ3v) is 3.27. The molecule has 0 aliphatic heterocycles. The third-order valence-electron chi connectivity index (χ3n) is 1.88. The Kier molecular flexibility index (Phi) is 2.79. The van der Waals surface area contributed by atoms with Crippen molar-refractivity contribution >= 4 is 27.3 Å². The van der Waals surface area contributed by atoms with Crippen LogP contribution in [0.25, 0.3) is 10.6 Å². The Morgan fingerprint density at radius 1 is 1.20 bits per heavy atom. The van der Waals surface area contributed by atoms with Crippen LogP contribution in [-0.2, 0) is 0 Å². The lowest BCUT2D eigenvalue weighted by atomic mass is 10.1. The van der Waals surface area contributed by atoms with Crippen molar-refractivity contribution in [3.05, 3.63) is 33.2 Å². The van der Waals surface area contributed by atoms with Crippen LogP contribution in [0.1, 0.15) is 5.56 Å². The summed E-state index contributed by atoms with van der Waals surface area (Å²) < 4.78 is 27.0. The molecule has 2 rings (SSSR count). The van der Waals surface area contributed by atoms with Gasteiger partial charge in [0.2, 0.25) is 0 Å². The van der Waals surface area contributed by atoms with E-state index in [2.05, 4.69) is 26.1 Å². The average Bonchev–Trinajstić information content (AvgIpc) is 2.58. The van der Waals surface area contributed by atoms with Gasteiger partial charge in [0.05, 0.1) is 0 Å². The first-order valence-corrected chi connectivity index (χ1v) is 5.64. The van der Waals surface area contributed by atoms with Crippen molar-refractivity contribution in [3.63, 3.8) is 0 Å². The Bertz CT molecular complexity index is 513. The SMILES string of the molecule is Cc1cc(-c2nnc(Br)s2)c(F)cc1F. The first-order valence-electron chi connectivity index (χ1n) is 4.03. The van der Waals surface area contributed by atoms with Gasteiger partial charge < -0.3 is 0 Å². The molecular weight excluding hydrogens is 286 g/mol. The molecule has 0 saturated carbocycles. The quantitative estimate of drug-likeness (QED) is 0.803. The first-order chi connectivity index (χ1) is 7.08. The molecule has 0 aliphatic carbocycles. The van der Waals surface area contributed by atoms with Crippen molar-refractivity contribution in [1.29, 1.82) is 0 Å². The second-order valence-electron chi connectivity index (χ2n) is 2.94. The molecule has 0 aliphatic rings. The number of aromatic nitrogens is 2. The van der Waals surface area contributed by atoms with Gasteiger partial charge in [-0.1, -0.05) is 11.3 Å². The fraction of sp³-hybridized carbons (Fsp3) is 0.111. The zero-order valence-corrected chi connectivity index (χ0v) is 9.99. The lowest BCUT2D eigenvalue weighted by Gasteiger charge is -2.01. The Morgan fingerprint density at radius 2 is 1.93 bits per heavy atom. The fourth-order valence-electron chi connectivity index (χ4n) is 1.14. The summed E-state index contributed by atoms with van der Waals surface area (Å²) in [7, 11) is 0. The predicted molar refractivity (Wildman–Crippen MR) is 57.7 cm³/mol. The largest absolute Gasteiger partial charge is 0.207 e. The minimum atomic E-state index is -0.623. The third kappa shape index (κ3) is 2.05. The molecule has 0 fully saturated rings. The van der Waals surface area contributed by atoms with Gasteiger partial charge in [0.25, 0.3) is 0 Å². The van der Waals surface area contributed by atoms with Gasteiger partial charge in [0.15, 0.2) is 8.92 Å². The summed E-state index contributed by atoms with van der Waals surface area (Å²) in [5.41, 5.74) is 0.662. The molecule has 2 aromatic rings. The normalized spacial score (nSPS) is 10.7. The standard InChI is InChI=1S/C9H5BrF2N2S/c1-4-2-5(7(12)3-6(4)11)8-13-14-9(10)15-8/h2-3H,1H3. The van der Waals surface area contributed by atoms with Gasteiger partial charge >= 0.3 is 0 Å². The Hall–Kier alpha value is -0.880. The van der Waals surface area contributed by atoms with Gasteiger partial charge in [-0.05, 0) is 34.5 Å². The molecular formula is C9H5BrF2N2S. The number of benzene rings is 1. The zero-order chi connectivity index (χ0) is 11.0. The van der Waals surface area contributed by atoms with Gasteiger partial charge in [0, 0.05) is 11.6 Å². The molecule has 0 N–H and O–H groups in total. The second-order valence-corrected chi connectivity index (χ2v) is 5.19. The number of hydrogen-bond donors (Lipinski definition) is 0. The molecule has 0 radical (unpaired) electrons. The summed E-state index contributed by atoms with van der Waals surface area (Å²) >= 11 is 4.34. The highest BCUT2D eigenvalue weighted by Crippen LogP contribution is 2.29. The van der Waals surface area contributed by atoms with Crippen molar-refractivity contribution in [3.8, 4) is 10.6 Å². The molecule has 0 unspecified atom stereocenters. The van der Waals surface area contributed by atoms with Crippen LogP contribution in [-0.4, -0.2) is 10.2 Å². The molecule has 1 heterocycles. The van der Waals surface area contributed by atoms with Crippen molar-refractivity contribution in [2.45, 2.75) is 6.92 Å². The van der Waals surface area contributed by atoms with Crippen LogP contribution in [0, 0.1) is 18.6 Å². The van der Waals surface area contributed by atoms with Crippen molar-refractivity contribution in [2.75, 3.05) is 0 Å². The van der Waals surface area contributed by atoms with Crippen molar-refractivity contribution in [2.24, 2.45) is 0 Å². The molecule has 0 bridgehead atoms. The zero-order valence-electron chi connectivity index (χ0n) is 7.59. The second kappa shape index (κ2) is 3.94. The van der Waals surface area contributed by atoms with E-state index in [1.807, 2.05) is 0 Å². The molecule has 1 aromatic carbocycles. The molecule has 1 aromatic heterocycles. The van der Waals surface area contributed by atoms with E-state index >= 15 is 0 Å². The maximum atomic E-state index is 13.4. The monoisotopic (exact) mass is 290 g/mol. The van der Waals surface area contributed by atoms with E-state index < -0.39 is 11.6 Å². The van der Waals surface area contributed by atoms with Gasteiger partial charge in [-0.25, -0.2) is 8.78 Å². The molecule has 0 atom stereocenters. The highest BCUT2D eigenvalue weighted by atomic mass is 79.9. The van der Waals surface area contributed by atoms with E-state index in [0.29, 0.717) is 14.5 Å². The van der Waals surface area contributed by atoms with Gasteiger partial charge in [0.1, 0.15) is 11.6 Å². The topological polar surface area (TPSA) is 25.8 Å². The number of rotatable bonds is 1. The van der Waals surface area contributed by atoms with E-state index in [-0.39, 0.29) is 5.56 Å². The predicted octanol–water partition coefficient (Wildman–Crippen LogP) is 3.55. The Morgan fingerprint density at radius 3 is 2.53 bits per heavy atom. The lowest BCUT2D eigenvalue weighted by molar-refractivity contribution is 0.579. The molecule has 0 amide bonds. The van der Waals surface area contributed by atoms with E-state index in [1.165, 1.54) is 17.4 Å². The Balaban J connectivity index is 2.58. The minimum absolute atomic E-state index is 0.275. The maximum absolute atomic E-state index is 13.4. The van der Waals surface area contributed by atoms with Crippen LogP contribution in [0.2, 0.25) is 0 Å². The summed E-state index contributed by atoms with van der Waals surface area (Å²) in [4.78, 5) is 0. The average molecular weight is 291 g/mol. The van der Waals surface area contributed by atoms with Gasteiger partial charge in [-0.3, -0.25) is 0 Å². The van der Waals surface area contributed by atoms with E-state index in [1.54, 1.807) is 6.92 Å². The summed E-state index contributed by atoms with van der Waals surface area (Å²) in [6.45, 7) is 1.58. The summed E-state index contributed by atoms with van der Waals surface area (Å²) in [6, 6.07) is 2.29. The fourth-order valence-corrected chi connectivity index (χ4v) is 2.26. The summed E-state index contributed by atoms with van der Waals surface area (Å²) in [5.74, 6) is -1.18. The van der Waals surface area contributed by atoms with E-state index in [4.69, 9.17) is 0 Å². The maximum Gasteiger partial charge on any atom is 0.183 e. The first kappa shape index (κ1) is 10.6. The molecule has 2 nitrogen and oxygen atoms in total. The van der Waals surface area contributed by atoms with Crippen LogP contribution in [0.3, 0.4) is 0 Å². The number of aryl methyl sites for hydroxylation is 1. The minimum Gasteiger partial charge on any atom is -0.207 e. The van der Waals surface area contributed by atoms with Crippen LogP contribution in [0.4, 0.5) is 8.78 Å². The summed E-state index contributed by atoms with van der Waals surface area (Å²) in [5, 5.41) is 7.92. The van der Waals surface area contributed by atoms with Crippen molar-refractivity contribution in [1.82, 2.24) is 10.2 Å². The van der Waals surface area contributed by atoms with Crippen LogP contribution in [0.15, 0.2) is 16.0 Å². The highest BCUT2D eigenvalue weighted by Gasteiger charge is 2.12. The number of halogens is 3. The van der Waals surface area contributed by atoms with Gasteiger partial charge in [-0.15, -0.1) is 10.2 Å². The van der Waals surface area contributed by atoms with Crippen LogP contribution in [0.5, 0.6) is 0 Å². The highest BCUT2D eigenvalue weighted by molar-refractivity contribution is 9.11. The molecule has 0 spiro atoms. The molecule has 6 heteroatoms. The molecule has 0 saturated heterocycles. The summed E-state index contributed by atoms with van der Waals surface area (Å²) in [6.07, 6.45) is 0. The molecule has 15 heavy (non-hydrogen) atoms. The lowest BCUT2D eigenvalue weighted by Crippen LogP contribution is -1.90. The van der Waals surface area contributed by atoms with Crippen molar-refractivity contribution < 1.29 is 8.78 Å². The van der Waals surface area contributed by atoms with Gasteiger partial charge in [-0.2, -0.15) is 0 Å². The van der Waals surface area contributed by atoms with Crippen LogP contribution < -0.4 is 0 Å². The number of hydrogen-bond acceptors (Lipinski definition) is 3. The van der Waals surface area contributed by atoms with Crippen LogP contribution >= 0.6 is 27.3 Å². The van der Waals surface area contributed by atoms with E-state index in [0.717, 1.165) is 6.07 Å². The van der Waals surface area contributed by atoms with E-state index in [9.17, 15) is 8.78 Å². The smallest absolute Gasteiger partial charge is 0.183 e. The Labute approximate surface area is 97.1 Å². The number of nitrogens with zero attached hydrogens (tertiary/aromatic N) is 2.